The van der Waals surface area contributed by atoms with Crippen molar-refractivity contribution in [2.75, 3.05) is 5.33 Å². The Morgan fingerprint density at radius 1 is 0.952 bits per heavy atom. The van der Waals surface area contributed by atoms with Crippen LogP contribution in [0, 0.1) is 29.1 Å². The van der Waals surface area contributed by atoms with E-state index in [9.17, 15) is 39.9 Å². The fourth-order valence-corrected chi connectivity index (χ4v) is 1.66. The lowest BCUT2D eigenvalue weighted by Gasteiger charge is -2.18. The Labute approximate surface area is 119 Å². The third-order valence-electron chi connectivity index (χ3n) is 2.17. The van der Waals surface area contributed by atoms with E-state index in [0.717, 1.165) is 0 Å². The monoisotopic (exact) mass is 386 g/mol. The number of ether oxygens (including phenoxy) is 1. The van der Waals surface area contributed by atoms with E-state index >= 15 is 0 Å². The molecule has 0 heterocycles. The van der Waals surface area contributed by atoms with Gasteiger partial charge in [-0.05, 0) is 0 Å². The number of rotatable bonds is 3. The predicted octanol–water partition coefficient (Wildman–Crippen LogP) is 3.86. The Balaban J connectivity index is 3.26. The lowest BCUT2D eigenvalue weighted by molar-refractivity contribution is -0.196. The van der Waals surface area contributed by atoms with Crippen LogP contribution in [0.1, 0.15) is 10.4 Å². The van der Waals surface area contributed by atoms with Crippen LogP contribution in [0.2, 0.25) is 0 Å². The molecule has 118 valence electrons. The largest absolute Gasteiger partial charge is 0.448 e. The Morgan fingerprint density at radius 2 is 1.33 bits per heavy atom. The van der Waals surface area contributed by atoms with Crippen molar-refractivity contribution >= 4 is 21.9 Å². The predicted molar refractivity (Wildman–Crippen MR) is 55.3 cm³/mol. The molecule has 0 bridgehead atoms. The maximum Gasteiger partial charge on any atom is 0.426 e. The molecule has 11 heteroatoms. The van der Waals surface area contributed by atoms with Crippen molar-refractivity contribution in [1.29, 1.82) is 0 Å². The van der Waals surface area contributed by atoms with Gasteiger partial charge in [-0.25, -0.2) is 26.7 Å². The van der Waals surface area contributed by atoms with Gasteiger partial charge in [0.2, 0.25) is 11.9 Å². The average molecular weight is 387 g/mol. The van der Waals surface area contributed by atoms with Gasteiger partial charge in [-0.3, -0.25) is 0 Å². The summed E-state index contributed by atoms with van der Waals surface area (Å²) in [7, 11) is 0. The molecule has 0 saturated carbocycles. The zero-order valence-corrected chi connectivity index (χ0v) is 11.1. The normalized spacial score (nSPS) is 13.2. The van der Waals surface area contributed by atoms with Crippen LogP contribution in [-0.4, -0.2) is 23.6 Å². The van der Waals surface area contributed by atoms with Gasteiger partial charge in [0, 0.05) is 5.33 Å². The lowest BCUT2D eigenvalue weighted by Crippen LogP contribution is -2.35. The summed E-state index contributed by atoms with van der Waals surface area (Å²) in [4.78, 5) is 11.2. The van der Waals surface area contributed by atoms with Gasteiger partial charge < -0.3 is 4.74 Å². The van der Waals surface area contributed by atoms with Crippen molar-refractivity contribution in [1.82, 2.24) is 0 Å². The van der Waals surface area contributed by atoms with Crippen LogP contribution < -0.4 is 0 Å². The first kappa shape index (κ1) is 17.7. The van der Waals surface area contributed by atoms with Crippen LogP contribution in [0.25, 0.3) is 0 Å². The summed E-state index contributed by atoms with van der Waals surface area (Å²) in [5.74, 6) is -15.0. The van der Waals surface area contributed by atoms with Crippen LogP contribution in [0.3, 0.4) is 0 Å². The molecule has 0 N–H and O–H groups in total. The number of carbonyl (C=O) groups is 1. The molecule has 1 unspecified atom stereocenters. The quantitative estimate of drug-likeness (QED) is 0.259. The molecular formula is C10H3BrF8O2. The van der Waals surface area contributed by atoms with E-state index in [0.29, 0.717) is 0 Å². The molecule has 1 aromatic rings. The third kappa shape index (κ3) is 3.44. The van der Waals surface area contributed by atoms with Gasteiger partial charge in [0.15, 0.2) is 23.3 Å². The first-order chi connectivity index (χ1) is 9.52. The fourth-order valence-electron chi connectivity index (χ4n) is 1.16. The van der Waals surface area contributed by atoms with Crippen molar-refractivity contribution in [2.24, 2.45) is 0 Å². The number of hydrogen-bond acceptors (Lipinski definition) is 2. The van der Waals surface area contributed by atoms with E-state index in [4.69, 9.17) is 0 Å². The second kappa shape index (κ2) is 6.16. The highest BCUT2D eigenvalue weighted by Gasteiger charge is 2.43. The zero-order chi connectivity index (χ0) is 16.5. The van der Waals surface area contributed by atoms with E-state index in [1.807, 2.05) is 0 Å². The minimum Gasteiger partial charge on any atom is -0.448 e. The van der Waals surface area contributed by atoms with Crippen LogP contribution in [0.5, 0.6) is 0 Å². The van der Waals surface area contributed by atoms with E-state index < -0.39 is 58.2 Å². The Bertz CT molecular complexity index is 542. The fraction of sp³-hybridized carbons (Fsp3) is 0.300. The number of hydrogen-bond donors (Lipinski definition) is 0. The molecule has 0 saturated heterocycles. The highest BCUT2D eigenvalue weighted by atomic mass is 79.9. The molecule has 0 spiro atoms. The second-order valence-corrected chi connectivity index (χ2v) is 4.18. The first-order valence-electron chi connectivity index (χ1n) is 4.87. The Morgan fingerprint density at radius 3 is 1.67 bits per heavy atom. The third-order valence-corrected chi connectivity index (χ3v) is 2.76. The van der Waals surface area contributed by atoms with Gasteiger partial charge in [-0.2, -0.15) is 13.2 Å². The molecule has 1 aromatic carbocycles. The van der Waals surface area contributed by atoms with Crippen molar-refractivity contribution in [3.05, 3.63) is 34.6 Å². The first-order valence-corrected chi connectivity index (χ1v) is 5.99. The van der Waals surface area contributed by atoms with E-state index in [-0.39, 0.29) is 0 Å². The Hall–Kier alpha value is -1.39. The standard InChI is InChI=1S/C10H3BrF8O2/c11-1-2(10(17,18)19)21-9(20)3-4(12)6(14)8(16)7(15)5(3)13/h2H,1H2. The van der Waals surface area contributed by atoms with Crippen LogP contribution in [0.4, 0.5) is 35.1 Å². The van der Waals surface area contributed by atoms with Gasteiger partial charge in [-0.15, -0.1) is 0 Å². The number of carbonyl (C=O) groups excluding carboxylic acids is 1. The van der Waals surface area contributed by atoms with Crippen LogP contribution >= 0.6 is 15.9 Å². The smallest absolute Gasteiger partial charge is 0.426 e. The summed E-state index contributed by atoms with van der Waals surface area (Å²) in [6.07, 6.45) is -7.91. The molecule has 0 fully saturated rings. The molecule has 0 amide bonds. The summed E-state index contributed by atoms with van der Waals surface area (Å²) in [5.41, 5.74) is -2.10. The molecule has 2 nitrogen and oxygen atoms in total. The minimum absolute atomic E-state index is 0.988. The second-order valence-electron chi connectivity index (χ2n) is 3.53. The van der Waals surface area contributed by atoms with Gasteiger partial charge in [0.05, 0.1) is 0 Å². The molecular weight excluding hydrogens is 384 g/mol. The van der Waals surface area contributed by atoms with Gasteiger partial charge in [0.1, 0.15) is 5.56 Å². The lowest BCUT2D eigenvalue weighted by atomic mass is 10.1. The SMILES string of the molecule is O=C(OC(CBr)C(F)(F)F)c1c(F)c(F)c(F)c(F)c1F. The van der Waals surface area contributed by atoms with Crippen molar-refractivity contribution < 1.29 is 44.7 Å². The summed E-state index contributed by atoms with van der Waals surface area (Å²) in [6, 6.07) is 0. The molecule has 21 heavy (non-hydrogen) atoms. The molecule has 0 aliphatic rings. The summed E-state index contributed by atoms with van der Waals surface area (Å²) >= 11 is 2.34. The molecule has 0 aliphatic carbocycles. The highest BCUT2D eigenvalue weighted by molar-refractivity contribution is 9.09. The van der Waals surface area contributed by atoms with Crippen molar-refractivity contribution in [2.45, 2.75) is 12.3 Å². The van der Waals surface area contributed by atoms with E-state index in [1.54, 1.807) is 0 Å². The van der Waals surface area contributed by atoms with Crippen molar-refractivity contribution in [3.8, 4) is 0 Å². The molecule has 0 radical (unpaired) electrons. The molecule has 1 rings (SSSR count). The topological polar surface area (TPSA) is 26.3 Å². The number of alkyl halides is 4. The molecule has 0 aliphatic heterocycles. The van der Waals surface area contributed by atoms with Crippen molar-refractivity contribution in [3.63, 3.8) is 0 Å². The average Bonchev–Trinajstić information content (AvgIpc) is 2.39. The maximum absolute atomic E-state index is 13.2. The van der Waals surface area contributed by atoms with E-state index in [1.165, 1.54) is 0 Å². The Kier molecular flexibility index (Phi) is 5.18. The minimum atomic E-state index is -5.09. The molecule has 1 atom stereocenters. The summed E-state index contributed by atoms with van der Waals surface area (Å²) < 4.78 is 105. The van der Waals surface area contributed by atoms with Gasteiger partial charge >= 0.3 is 12.1 Å². The number of halogens is 9. The maximum atomic E-state index is 13.2. The number of esters is 1. The van der Waals surface area contributed by atoms with Gasteiger partial charge in [-0.1, -0.05) is 15.9 Å². The van der Waals surface area contributed by atoms with E-state index in [2.05, 4.69) is 20.7 Å². The zero-order valence-electron chi connectivity index (χ0n) is 9.50. The number of benzene rings is 1. The summed E-state index contributed by atoms with van der Waals surface area (Å²) in [5, 5.41) is -0.988. The van der Waals surface area contributed by atoms with Crippen LogP contribution in [-0.2, 0) is 4.74 Å². The van der Waals surface area contributed by atoms with Crippen LogP contribution in [0.15, 0.2) is 0 Å². The molecule has 0 aromatic heterocycles. The highest BCUT2D eigenvalue weighted by Crippen LogP contribution is 2.28. The van der Waals surface area contributed by atoms with Gasteiger partial charge in [0.25, 0.3) is 0 Å². The summed E-state index contributed by atoms with van der Waals surface area (Å²) in [6.45, 7) is 0.